The van der Waals surface area contributed by atoms with Crippen LogP contribution in [-0.2, 0) is 6.42 Å². The highest BCUT2D eigenvalue weighted by Crippen LogP contribution is 2.26. The van der Waals surface area contributed by atoms with Gasteiger partial charge in [0, 0.05) is 22.7 Å². The molecule has 0 spiro atoms. The van der Waals surface area contributed by atoms with Crippen LogP contribution in [0.2, 0.25) is 5.02 Å². The Morgan fingerprint density at radius 3 is 2.38 bits per heavy atom. The molecule has 146 valence electrons. The Balaban J connectivity index is 1.57. The maximum absolute atomic E-state index is 14.5. The lowest BCUT2D eigenvalue weighted by Crippen LogP contribution is -2.26. The number of benzene rings is 3. The third-order valence-corrected chi connectivity index (χ3v) is 4.85. The first-order chi connectivity index (χ1) is 14.2. The molecule has 0 saturated heterocycles. The highest BCUT2D eigenvalue weighted by Gasteiger charge is 2.23. The van der Waals surface area contributed by atoms with Crippen molar-refractivity contribution in [3.63, 3.8) is 0 Å². The van der Waals surface area contributed by atoms with Gasteiger partial charge in [-0.05, 0) is 42.3 Å². The molecule has 1 heterocycles. The Kier molecular flexibility index (Phi) is 5.98. The molecule has 29 heavy (non-hydrogen) atoms. The maximum Gasteiger partial charge on any atom is 0.247 e. The first-order valence-corrected chi connectivity index (χ1v) is 9.69. The summed E-state index contributed by atoms with van der Waals surface area (Å²) in [7, 11) is 0. The van der Waals surface area contributed by atoms with Crippen LogP contribution in [0, 0.1) is 5.82 Å². The molecule has 6 heteroatoms. The monoisotopic (exact) mass is 407 g/mol. The van der Waals surface area contributed by atoms with Gasteiger partial charge in [0.05, 0.1) is 0 Å². The molecule has 0 aliphatic carbocycles. The van der Waals surface area contributed by atoms with Crippen LogP contribution in [0.5, 0.6) is 0 Å². The second kappa shape index (κ2) is 8.99. The molecule has 1 atom stereocenters. The molecule has 0 unspecified atom stereocenters. The number of rotatable bonds is 7. The van der Waals surface area contributed by atoms with E-state index in [1.807, 2.05) is 54.6 Å². The van der Waals surface area contributed by atoms with Gasteiger partial charge in [-0.2, -0.15) is 0 Å². The number of halogens is 2. The molecule has 1 N–H and O–H groups in total. The third-order valence-electron chi connectivity index (χ3n) is 4.60. The SMILES string of the molecule is Fc1ccccc1[C@H](NCCc1ccc(Cl)cc1)c1nnc(-c2ccccc2)o1. The van der Waals surface area contributed by atoms with Crippen LogP contribution in [0.25, 0.3) is 11.5 Å². The molecule has 1 aromatic heterocycles. The quantitative estimate of drug-likeness (QED) is 0.442. The summed E-state index contributed by atoms with van der Waals surface area (Å²) in [5.74, 6) is 0.405. The molecule has 0 fully saturated rings. The Labute approximate surface area is 173 Å². The fourth-order valence-corrected chi connectivity index (χ4v) is 3.23. The van der Waals surface area contributed by atoms with Crippen LogP contribution >= 0.6 is 11.6 Å². The van der Waals surface area contributed by atoms with Crippen molar-refractivity contribution in [3.05, 3.63) is 107 Å². The standard InChI is InChI=1S/C23H19ClFN3O/c24-18-12-10-16(11-13-18)14-15-26-21(19-8-4-5-9-20(19)25)23-28-27-22(29-23)17-6-2-1-3-7-17/h1-13,21,26H,14-15H2/t21-/m0/s1. The second-order valence-corrected chi connectivity index (χ2v) is 7.03. The van der Waals surface area contributed by atoms with Crippen LogP contribution in [0.1, 0.15) is 23.1 Å². The molecule has 3 aromatic carbocycles. The molecule has 0 saturated carbocycles. The van der Waals surface area contributed by atoms with Crippen molar-refractivity contribution in [1.29, 1.82) is 0 Å². The molecule has 0 aliphatic rings. The summed E-state index contributed by atoms with van der Waals surface area (Å²) in [5, 5.41) is 12.4. The lowest BCUT2D eigenvalue weighted by molar-refractivity contribution is 0.430. The van der Waals surface area contributed by atoms with E-state index >= 15 is 0 Å². The predicted molar refractivity (Wildman–Crippen MR) is 111 cm³/mol. The minimum absolute atomic E-state index is 0.323. The molecule has 0 amide bonds. The highest BCUT2D eigenvalue weighted by atomic mass is 35.5. The van der Waals surface area contributed by atoms with E-state index in [0.717, 1.165) is 17.5 Å². The molecule has 0 bridgehead atoms. The van der Waals surface area contributed by atoms with Crippen molar-refractivity contribution in [2.45, 2.75) is 12.5 Å². The van der Waals surface area contributed by atoms with Crippen molar-refractivity contribution in [1.82, 2.24) is 15.5 Å². The smallest absolute Gasteiger partial charge is 0.247 e. The van der Waals surface area contributed by atoms with Gasteiger partial charge in [-0.3, -0.25) is 0 Å². The first kappa shape index (κ1) is 19.3. The van der Waals surface area contributed by atoms with E-state index in [4.69, 9.17) is 16.0 Å². The topological polar surface area (TPSA) is 51.0 Å². The Hall–Kier alpha value is -3.02. The minimum atomic E-state index is -0.548. The molecule has 4 rings (SSSR count). The van der Waals surface area contributed by atoms with Crippen LogP contribution in [0.4, 0.5) is 4.39 Å². The van der Waals surface area contributed by atoms with Gasteiger partial charge in [-0.1, -0.05) is 60.1 Å². The number of hydrogen-bond donors (Lipinski definition) is 1. The van der Waals surface area contributed by atoms with Crippen LogP contribution in [-0.4, -0.2) is 16.7 Å². The van der Waals surface area contributed by atoms with Gasteiger partial charge in [-0.25, -0.2) is 4.39 Å². The van der Waals surface area contributed by atoms with Crippen LogP contribution in [0.3, 0.4) is 0 Å². The predicted octanol–water partition coefficient (Wildman–Crippen LogP) is 5.45. The summed E-state index contributed by atoms with van der Waals surface area (Å²) in [6, 6.07) is 23.2. The van der Waals surface area contributed by atoms with Crippen molar-refractivity contribution < 1.29 is 8.81 Å². The molecule has 4 nitrogen and oxygen atoms in total. The zero-order valence-electron chi connectivity index (χ0n) is 15.6. The minimum Gasteiger partial charge on any atom is -0.419 e. The Morgan fingerprint density at radius 2 is 1.62 bits per heavy atom. The van der Waals surface area contributed by atoms with E-state index in [2.05, 4.69) is 15.5 Å². The summed E-state index contributed by atoms with van der Waals surface area (Å²) in [6.45, 7) is 0.601. The Bertz CT molecular complexity index is 1070. The van der Waals surface area contributed by atoms with Crippen molar-refractivity contribution in [2.75, 3.05) is 6.54 Å². The maximum atomic E-state index is 14.5. The highest BCUT2D eigenvalue weighted by molar-refractivity contribution is 6.30. The fourth-order valence-electron chi connectivity index (χ4n) is 3.10. The van der Waals surface area contributed by atoms with Crippen LogP contribution in [0.15, 0.2) is 83.3 Å². The zero-order chi connectivity index (χ0) is 20.1. The Morgan fingerprint density at radius 1 is 0.897 bits per heavy atom. The molecular weight excluding hydrogens is 389 g/mol. The number of hydrogen-bond acceptors (Lipinski definition) is 4. The zero-order valence-corrected chi connectivity index (χ0v) is 16.3. The van der Waals surface area contributed by atoms with Gasteiger partial charge in [0.15, 0.2) is 0 Å². The van der Waals surface area contributed by atoms with Crippen LogP contribution < -0.4 is 5.32 Å². The first-order valence-electron chi connectivity index (χ1n) is 9.32. The van der Waals surface area contributed by atoms with Gasteiger partial charge < -0.3 is 9.73 Å². The van der Waals surface area contributed by atoms with Gasteiger partial charge in [-0.15, -0.1) is 10.2 Å². The second-order valence-electron chi connectivity index (χ2n) is 6.60. The van der Waals surface area contributed by atoms with Gasteiger partial charge in [0.1, 0.15) is 11.9 Å². The summed E-state index contributed by atoms with van der Waals surface area (Å²) < 4.78 is 20.4. The lowest BCUT2D eigenvalue weighted by Gasteiger charge is -2.16. The van der Waals surface area contributed by atoms with E-state index in [1.54, 1.807) is 18.2 Å². The number of nitrogens with one attached hydrogen (secondary N) is 1. The average molecular weight is 408 g/mol. The van der Waals surface area contributed by atoms with Gasteiger partial charge in [0.2, 0.25) is 11.8 Å². The summed E-state index contributed by atoms with van der Waals surface area (Å²) >= 11 is 5.94. The summed E-state index contributed by atoms with van der Waals surface area (Å²) in [6.07, 6.45) is 0.752. The van der Waals surface area contributed by atoms with E-state index in [1.165, 1.54) is 6.07 Å². The van der Waals surface area contributed by atoms with E-state index in [-0.39, 0.29) is 5.82 Å². The number of aromatic nitrogens is 2. The molecule has 4 aromatic rings. The third kappa shape index (κ3) is 4.70. The molecule has 0 aliphatic heterocycles. The van der Waals surface area contributed by atoms with Gasteiger partial charge >= 0.3 is 0 Å². The van der Waals surface area contributed by atoms with E-state index in [9.17, 15) is 4.39 Å². The van der Waals surface area contributed by atoms with Crippen molar-refractivity contribution in [3.8, 4) is 11.5 Å². The fraction of sp³-hybridized carbons (Fsp3) is 0.130. The summed E-state index contributed by atoms with van der Waals surface area (Å²) in [4.78, 5) is 0. The molecular formula is C23H19ClFN3O. The normalized spacial score (nSPS) is 12.1. The number of nitrogens with zero attached hydrogens (tertiary/aromatic N) is 2. The van der Waals surface area contributed by atoms with Crippen molar-refractivity contribution >= 4 is 11.6 Å². The van der Waals surface area contributed by atoms with E-state index < -0.39 is 6.04 Å². The average Bonchev–Trinajstić information content (AvgIpc) is 3.24. The lowest BCUT2D eigenvalue weighted by atomic mass is 10.1. The molecule has 0 radical (unpaired) electrons. The summed E-state index contributed by atoms with van der Waals surface area (Å²) in [5.41, 5.74) is 2.41. The van der Waals surface area contributed by atoms with Crippen molar-refractivity contribution in [2.24, 2.45) is 0 Å². The largest absolute Gasteiger partial charge is 0.419 e. The van der Waals surface area contributed by atoms with Gasteiger partial charge in [0.25, 0.3) is 0 Å². The van der Waals surface area contributed by atoms with E-state index in [0.29, 0.717) is 28.9 Å².